The van der Waals surface area contributed by atoms with E-state index in [9.17, 15) is 4.79 Å². The molecule has 1 aliphatic heterocycles. The molecule has 0 saturated carbocycles. The van der Waals surface area contributed by atoms with E-state index < -0.39 is 0 Å². The number of hydrogen-bond acceptors (Lipinski definition) is 8. The van der Waals surface area contributed by atoms with Crippen LogP contribution in [-0.2, 0) is 16.0 Å². The highest BCUT2D eigenvalue weighted by Gasteiger charge is 2.14. The predicted octanol–water partition coefficient (Wildman–Crippen LogP) is 2.13. The summed E-state index contributed by atoms with van der Waals surface area (Å²) in [5.74, 6) is 1.63. The molecule has 3 aromatic rings. The molecule has 9 nitrogen and oxygen atoms in total. The van der Waals surface area contributed by atoms with E-state index in [1.165, 1.54) is 6.26 Å². The van der Waals surface area contributed by atoms with E-state index in [0.717, 1.165) is 32.0 Å². The highest BCUT2D eigenvalue weighted by Crippen LogP contribution is 2.18. The minimum absolute atomic E-state index is 0.167. The topological polar surface area (TPSA) is 107 Å². The molecule has 1 saturated heterocycles. The lowest BCUT2D eigenvalue weighted by Gasteiger charge is -2.28. The van der Waals surface area contributed by atoms with Crippen molar-refractivity contribution in [1.82, 2.24) is 15.1 Å². The number of pyridine rings is 1. The number of carbonyl (C=O) groups excluding carboxylic acids is 1. The number of nitrogens with one attached hydrogen (secondary N) is 1. The van der Waals surface area contributed by atoms with Gasteiger partial charge in [0.2, 0.25) is 17.6 Å². The predicted molar refractivity (Wildman–Crippen MR) is 96.2 cm³/mol. The van der Waals surface area contributed by atoms with Gasteiger partial charge in [-0.2, -0.15) is 4.98 Å². The van der Waals surface area contributed by atoms with E-state index in [-0.39, 0.29) is 12.3 Å². The molecule has 0 aromatic carbocycles. The van der Waals surface area contributed by atoms with Crippen molar-refractivity contribution in [2.45, 2.75) is 12.8 Å². The number of aromatic nitrogens is 3. The van der Waals surface area contributed by atoms with Crippen LogP contribution in [0.2, 0.25) is 0 Å². The number of anilines is 2. The zero-order chi connectivity index (χ0) is 18.5. The standard InChI is InChI=1S/C18H19N5O4/c24-16(5-6-17-21-18(22-27-17)14-2-1-9-26-14)20-15-4-3-13(12-19-15)23-7-10-25-11-8-23/h1-4,9,12H,5-8,10-11H2,(H,19,20,24). The van der Waals surface area contributed by atoms with E-state index in [1.54, 1.807) is 24.4 Å². The van der Waals surface area contributed by atoms with Crippen molar-refractivity contribution in [3.63, 3.8) is 0 Å². The van der Waals surface area contributed by atoms with Gasteiger partial charge in [0.05, 0.1) is 31.4 Å². The second kappa shape index (κ2) is 8.00. The van der Waals surface area contributed by atoms with Crippen LogP contribution in [0, 0.1) is 0 Å². The molecule has 4 heterocycles. The fourth-order valence-corrected chi connectivity index (χ4v) is 2.76. The van der Waals surface area contributed by atoms with Crippen LogP contribution in [0.4, 0.5) is 11.5 Å². The average Bonchev–Trinajstić information content (AvgIpc) is 3.39. The summed E-state index contributed by atoms with van der Waals surface area (Å²) in [5.41, 5.74) is 1.02. The molecule has 1 amide bonds. The van der Waals surface area contributed by atoms with Crippen LogP contribution in [0.5, 0.6) is 0 Å². The second-order valence-electron chi connectivity index (χ2n) is 6.04. The summed E-state index contributed by atoms with van der Waals surface area (Å²) in [5, 5.41) is 6.61. The second-order valence-corrected chi connectivity index (χ2v) is 6.04. The zero-order valence-electron chi connectivity index (χ0n) is 14.6. The molecule has 140 valence electrons. The summed E-state index contributed by atoms with van der Waals surface area (Å²) in [7, 11) is 0. The van der Waals surface area contributed by atoms with Crippen LogP contribution in [-0.4, -0.2) is 47.3 Å². The van der Waals surface area contributed by atoms with Crippen LogP contribution in [0.15, 0.2) is 45.7 Å². The SMILES string of the molecule is O=C(CCc1nc(-c2ccco2)no1)Nc1ccc(N2CCOCC2)cn1. The molecule has 3 aromatic heterocycles. The number of nitrogens with zero attached hydrogens (tertiary/aromatic N) is 4. The minimum Gasteiger partial charge on any atom is -0.461 e. The molecule has 0 bridgehead atoms. The van der Waals surface area contributed by atoms with Gasteiger partial charge in [0.1, 0.15) is 5.82 Å². The molecule has 4 rings (SSSR count). The fraction of sp³-hybridized carbons (Fsp3) is 0.333. The first kappa shape index (κ1) is 17.2. The lowest BCUT2D eigenvalue weighted by molar-refractivity contribution is -0.116. The van der Waals surface area contributed by atoms with E-state index in [0.29, 0.717) is 29.7 Å². The number of ether oxygens (including phenoxy) is 1. The Labute approximate surface area is 155 Å². The Morgan fingerprint density at radius 3 is 2.85 bits per heavy atom. The molecule has 1 N–H and O–H groups in total. The third-order valence-corrected chi connectivity index (χ3v) is 4.17. The summed E-state index contributed by atoms with van der Waals surface area (Å²) < 4.78 is 15.7. The molecule has 0 atom stereocenters. The lowest BCUT2D eigenvalue weighted by Crippen LogP contribution is -2.36. The highest BCUT2D eigenvalue weighted by atomic mass is 16.5. The quantitative estimate of drug-likeness (QED) is 0.704. The van der Waals surface area contributed by atoms with Gasteiger partial charge in [-0.3, -0.25) is 4.79 Å². The number of furan rings is 1. The van der Waals surface area contributed by atoms with Gasteiger partial charge in [-0.25, -0.2) is 4.98 Å². The Bertz CT molecular complexity index is 870. The molecule has 1 aliphatic rings. The molecule has 0 unspecified atom stereocenters. The molecule has 1 fully saturated rings. The van der Waals surface area contributed by atoms with Crippen molar-refractivity contribution in [3.05, 3.63) is 42.6 Å². The number of morpholine rings is 1. The maximum atomic E-state index is 12.1. The Kier molecular flexibility index (Phi) is 5.10. The summed E-state index contributed by atoms with van der Waals surface area (Å²) in [4.78, 5) is 22.8. The third-order valence-electron chi connectivity index (χ3n) is 4.17. The van der Waals surface area contributed by atoms with Crippen molar-refractivity contribution in [3.8, 4) is 11.6 Å². The summed E-state index contributed by atoms with van der Waals surface area (Å²) in [6.45, 7) is 3.13. The van der Waals surface area contributed by atoms with Crippen LogP contribution < -0.4 is 10.2 Å². The van der Waals surface area contributed by atoms with Crippen molar-refractivity contribution >= 4 is 17.4 Å². The number of aryl methyl sites for hydroxylation is 1. The van der Waals surface area contributed by atoms with Crippen molar-refractivity contribution in [2.24, 2.45) is 0 Å². The molecule has 0 spiro atoms. The van der Waals surface area contributed by atoms with Crippen LogP contribution >= 0.6 is 0 Å². The van der Waals surface area contributed by atoms with Gasteiger partial charge in [-0.1, -0.05) is 5.16 Å². The molecular formula is C18H19N5O4. The fourth-order valence-electron chi connectivity index (χ4n) is 2.76. The van der Waals surface area contributed by atoms with Gasteiger partial charge in [0.25, 0.3) is 0 Å². The Morgan fingerprint density at radius 1 is 1.22 bits per heavy atom. The third kappa shape index (κ3) is 4.32. The summed E-state index contributed by atoms with van der Waals surface area (Å²) in [6, 6.07) is 7.23. The van der Waals surface area contributed by atoms with Crippen molar-refractivity contribution in [2.75, 3.05) is 36.5 Å². The highest BCUT2D eigenvalue weighted by molar-refractivity contribution is 5.89. The van der Waals surface area contributed by atoms with Gasteiger partial charge < -0.3 is 23.9 Å². The first-order valence-electron chi connectivity index (χ1n) is 8.73. The van der Waals surface area contributed by atoms with E-state index in [1.807, 2.05) is 6.07 Å². The zero-order valence-corrected chi connectivity index (χ0v) is 14.6. The first-order chi connectivity index (χ1) is 13.3. The van der Waals surface area contributed by atoms with Crippen LogP contribution in [0.3, 0.4) is 0 Å². The van der Waals surface area contributed by atoms with Crippen molar-refractivity contribution in [1.29, 1.82) is 0 Å². The maximum Gasteiger partial charge on any atom is 0.238 e. The van der Waals surface area contributed by atoms with Gasteiger partial charge in [-0.15, -0.1) is 0 Å². The molecular weight excluding hydrogens is 350 g/mol. The smallest absolute Gasteiger partial charge is 0.238 e. The number of carbonyl (C=O) groups is 1. The Morgan fingerprint density at radius 2 is 2.11 bits per heavy atom. The van der Waals surface area contributed by atoms with Gasteiger partial charge >= 0.3 is 0 Å². The van der Waals surface area contributed by atoms with E-state index >= 15 is 0 Å². The number of rotatable bonds is 6. The molecule has 27 heavy (non-hydrogen) atoms. The normalized spacial score (nSPS) is 14.3. The molecule has 0 aliphatic carbocycles. The van der Waals surface area contributed by atoms with Crippen molar-refractivity contribution < 1.29 is 18.5 Å². The minimum atomic E-state index is -0.167. The monoisotopic (exact) mass is 369 g/mol. The summed E-state index contributed by atoms with van der Waals surface area (Å²) >= 11 is 0. The lowest BCUT2D eigenvalue weighted by atomic mass is 10.3. The van der Waals surface area contributed by atoms with Gasteiger partial charge in [0.15, 0.2) is 5.76 Å². The molecule has 0 radical (unpaired) electrons. The Hall–Kier alpha value is -3.20. The van der Waals surface area contributed by atoms with Gasteiger partial charge in [0, 0.05) is 25.9 Å². The van der Waals surface area contributed by atoms with Crippen LogP contribution in [0.1, 0.15) is 12.3 Å². The first-order valence-corrected chi connectivity index (χ1v) is 8.73. The van der Waals surface area contributed by atoms with E-state index in [4.69, 9.17) is 13.7 Å². The average molecular weight is 369 g/mol. The Balaban J connectivity index is 1.28. The largest absolute Gasteiger partial charge is 0.461 e. The molecule has 9 heteroatoms. The number of hydrogen-bond donors (Lipinski definition) is 1. The van der Waals surface area contributed by atoms with Gasteiger partial charge in [-0.05, 0) is 24.3 Å². The van der Waals surface area contributed by atoms with E-state index in [2.05, 4.69) is 25.3 Å². The number of amides is 1. The maximum absolute atomic E-state index is 12.1. The van der Waals surface area contributed by atoms with Crippen LogP contribution in [0.25, 0.3) is 11.6 Å². The summed E-state index contributed by atoms with van der Waals surface area (Å²) in [6.07, 6.45) is 3.85.